The lowest BCUT2D eigenvalue weighted by atomic mass is 10.1. The smallest absolute Gasteiger partial charge is 0.251 e. The molecule has 7 heteroatoms. The zero-order valence-electron chi connectivity index (χ0n) is 10.7. The molecule has 5 nitrogen and oxygen atoms in total. The first-order valence-electron chi connectivity index (χ1n) is 5.79. The fourth-order valence-corrected chi connectivity index (χ4v) is 2.62. The number of halogens is 1. The van der Waals surface area contributed by atoms with E-state index in [9.17, 15) is 9.18 Å². The van der Waals surface area contributed by atoms with Gasteiger partial charge in [0.1, 0.15) is 11.7 Å². The van der Waals surface area contributed by atoms with Gasteiger partial charge in [-0.15, -0.1) is 0 Å². The Morgan fingerprint density at radius 2 is 2.25 bits per heavy atom. The van der Waals surface area contributed by atoms with Crippen LogP contribution in [0.4, 0.5) is 4.39 Å². The molecule has 0 aliphatic carbocycles. The van der Waals surface area contributed by atoms with E-state index in [4.69, 9.17) is 11.1 Å². The van der Waals surface area contributed by atoms with Crippen molar-refractivity contribution in [3.63, 3.8) is 0 Å². The Kier molecular flexibility index (Phi) is 4.19. The van der Waals surface area contributed by atoms with Crippen LogP contribution in [0.3, 0.4) is 0 Å². The van der Waals surface area contributed by atoms with Crippen LogP contribution in [0.2, 0.25) is 0 Å². The first kappa shape index (κ1) is 14.3. The molecule has 0 aliphatic heterocycles. The highest BCUT2D eigenvalue weighted by Crippen LogP contribution is 2.21. The summed E-state index contributed by atoms with van der Waals surface area (Å²) in [5.74, 6) is -0.196. The normalized spacial score (nSPS) is 10.5. The van der Waals surface area contributed by atoms with Crippen molar-refractivity contribution in [2.24, 2.45) is 5.73 Å². The van der Waals surface area contributed by atoms with Crippen LogP contribution in [-0.4, -0.2) is 15.8 Å². The molecular formula is C13H13FN4OS. The molecular weight excluding hydrogens is 279 g/mol. The van der Waals surface area contributed by atoms with E-state index in [-0.39, 0.29) is 11.4 Å². The summed E-state index contributed by atoms with van der Waals surface area (Å²) in [6, 6.07) is 5.52. The molecule has 1 aromatic carbocycles. The lowest BCUT2D eigenvalue weighted by molar-refractivity contribution is 0.627. The van der Waals surface area contributed by atoms with Gasteiger partial charge in [0.2, 0.25) is 0 Å². The highest BCUT2D eigenvalue weighted by atomic mass is 32.2. The minimum atomic E-state index is -0.439. The molecule has 104 valence electrons. The highest BCUT2D eigenvalue weighted by Gasteiger charge is 2.08. The van der Waals surface area contributed by atoms with Gasteiger partial charge in [-0.05, 0) is 24.6 Å². The third-order valence-corrected chi connectivity index (χ3v) is 3.50. The first-order valence-corrected chi connectivity index (χ1v) is 6.78. The molecule has 1 aromatic heterocycles. The van der Waals surface area contributed by atoms with E-state index in [1.165, 1.54) is 30.0 Å². The molecule has 0 saturated carbocycles. The third-order valence-electron chi connectivity index (χ3n) is 2.57. The molecule has 0 fully saturated rings. The Morgan fingerprint density at radius 3 is 2.90 bits per heavy atom. The van der Waals surface area contributed by atoms with Gasteiger partial charge in [0.25, 0.3) is 5.56 Å². The van der Waals surface area contributed by atoms with E-state index in [0.29, 0.717) is 27.7 Å². The summed E-state index contributed by atoms with van der Waals surface area (Å²) in [5, 5.41) is 7.93. The predicted molar refractivity (Wildman–Crippen MR) is 76.6 cm³/mol. The Bertz CT molecular complexity index is 714. The number of nitrogens with one attached hydrogen (secondary N) is 2. The minimum absolute atomic E-state index is 0.189. The number of aryl methyl sites for hydroxylation is 1. The molecule has 4 N–H and O–H groups in total. The van der Waals surface area contributed by atoms with Crippen molar-refractivity contribution in [2.75, 3.05) is 0 Å². The summed E-state index contributed by atoms with van der Waals surface area (Å²) < 4.78 is 13.2. The number of thioether (sulfide) groups is 1. The number of nitrogens with zero attached hydrogens (tertiary/aromatic N) is 1. The molecule has 0 amide bonds. The van der Waals surface area contributed by atoms with Crippen LogP contribution < -0.4 is 11.3 Å². The average Bonchev–Trinajstić information content (AvgIpc) is 2.36. The Labute approximate surface area is 118 Å². The lowest BCUT2D eigenvalue weighted by Crippen LogP contribution is -2.14. The Balaban J connectivity index is 2.22. The number of hydrogen-bond acceptors (Lipinski definition) is 4. The van der Waals surface area contributed by atoms with E-state index in [1.807, 2.05) is 0 Å². The maximum atomic E-state index is 13.2. The van der Waals surface area contributed by atoms with Crippen LogP contribution in [-0.2, 0) is 5.75 Å². The predicted octanol–water partition coefficient (Wildman–Crippen LogP) is 1.79. The summed E-state index contributed by atoms with van der Waals surface area (Å²) in [7, 11) is 0. The van der Waals surface area contributed by atoms with Crippen molar-refractivity contribution in [2.45, 2.75) is 17.8 Å². The number of benzene rings is 1. The molecule has 0 bridgehead atoms. The summed E-state index contributed by atoms with van der Waals surface area (Å²) in [6.07, 6.45) is 0. The summed E-state index contributed by atoms with van der Waals surface area (Å²) in [6.45, 7) is 1.73. The molecule has 0 radical (unpaired) electrons. The number of H-pyrrole nitrogens is 1. The number of nitrogen functional groups attached to an aromatic ring is 1. The average molecular weight is 292 g/mol. The van der Waals surface area contributed by atoms with E-state index in [1.54, 1.807) is 13.0 Å². The van der Waals surface area contributed by atoms with E-state index < -0.39 is 5.82 Å². The highest BCUT2D eigenvalue weighted by molar-refractivity contribution is 7.98. The van der Waals surface area contributed by atoms with Crippen molar-refractivity contribution in [3.05, 3.63) is 57.3 Å². The summed E-state index contributed by atoms with van der Waals surface area (Å²) in [4.78, 5) is 18.1. The molecule has 2 aromatic rings. The van der Waals surface area contributed by atoms with Crippen LogP contribution in [0.1, 0.15) is 16.8 Å². The van der Waals surface area contributed by atoms with Gasteiger partial charge in [-0.2, -0.15) is 0 Å². The van der Waals surface area contributed by atoms with Crippen LogP contribution in [0, 0.1) is 18.2 Å². The Morgan fingerprint density at radius 1 is 1.50 bits per heavy atom. The van der Waals surface area contributed by atoms with E-state index in [2.05, 4.69) is 9.97 Å². The van der Waals surface area contributed by atoms with Crippen LogP contribution >= 0.6 is 11.8 Å². The Hall–Kier alpha value is -2.15. The molecule has 0 unspecified atom stereocenters. The zero-order valence-corrected chi connectivity index (χ0v) is 11.6. The van der Waals surface area contributed by atoms with Gasteiger partial charge in [0.05, 0.1) is 0 Å². The van der Waals surface area contributed by atoms with Gasteiger partial charge in [-0.1, -0.05) is 17.8 Å². The van der Waals surface area contributed by atoms with Gasteiger partial charge in [0.15, 0.2) is 5.16 Å². The summed E-state index contributed by atoms with van der Waals surface area (Å²) in [5.41, 5.74) is 6.91. The van der Waals surface area contributed by atoms with Gasteiger partial charge >= 0.3 is 0 Å². The van der Waals surface area contributed by atoms with Gasteiger partial charge in [-0.3, -0.25) is 10.2 Å². The van der Waals surface area contributed by atoms with Crippen molar-refractivity contribution < 1.29 is 4.39 Å². The van der Waals surface area contributed by atoms with Gasteiger partial charge < -0.3 is 10.7 Å². The fraction of sp³-hybridized carbons (Fsp3) is 0.154. The molecule has 2 rings (SSSR count). The second kappa shape index (κ2) is 5.87. The van der Waals surface area contributed by atoms with Crippen LogP contribution in [0.5, 0.6) is 0 Å². The maximum Gasteiger partial charge on any atom is 0.251 e. The van der Waals surface area contributed by atoms with Crippen molar-refractivity contribution in [1.29, 1.82) is 5.41 Å². The number of rotatable bonds is 4. The van der Waals surface area contributed by atoms with Crippen LogP contribution in [0.15, 0.2) is 34.2 Å². The molecule has 20 heavy (non-hydrogen) atoms. The fourth-order valence-electron chi connectivity index (χ4n) is 1.69. The van der Waals surface area contributed by atoms with Crippen molar-refractivity contribution >= 4 is 17.6 Å². The molecule has 0 saturated heterocycles. The molecule has 0 atom stereocenters. The monoisotopic (exact) mass is 292 g/mol. The zero-order chi connectivity index (χ0) is 14.7. The number of hydrogen-bond donors (Lipinski definition) is 3. The minimum Gasteiger partial charge on any atom is -0.384 e. The number of nitrogens with two attached hydrogens (primary N) is 1. The van der Waals surface area contributed by atoms with Crippen molar-refractivity contribution in [3.8, 4) is 0 Å². The maximum absolute atomic E-state index is 13.2. The SMILES string of the molecule is Cc1cc(=O)[nH]c(SCc2ccc(F)cc2C(=N)N)n1. The topological polar surface area (TPSA) is 95.6 Å². The number of aromatic amines is 1. The van der Waals surface area contributed by atoms with E-state index in [0.717, 1.165) is 0 Å². The summed E-state index contributed by atoms with van der Waals surface area (Å²) >= 11 is 1.30. The van der Waals surface area contributed by atoms with E-state index >= 15 is 0 Å². The first-order chi connectivity index (χ1) is 9.45. The second-order valence-corrected chi connectivity index (χ2v) is 5.16. The quantitative estimate of drug-likeness (QED) is 0.346. The van der Waals surface area contributed by atoms with Gasteiger partial charge in [0, 0.05) is 23.1 Å². The number of aromatic nitrogens is 2. The number of amidine groups is 1. The molecule has 0 spiro atoms. The van der Waals surface area contributed by atoms with Crippen molar-refractivity contribution in [1.82, 2.24) is 9.97 Å². The molecule has 1 heterocycles. The second-order valence-electron chi connectivity index (χ2n) is 4.20. The third kappa shape index (κ3) is 3.45. The van der Waals surface area contributed by atoms with Gasteiger partial charge in [-0.25, -0.2) is 9.37 Å². The largest absolute Gasteiger partial charge is 0.384 e. The molecule has 0 aliphatic rings. The lowest BCUT2D eigenvalue weighted by Gasteiger charge is -2.08. The standard InChI is InChI=1S/C13H13FN4OS/c1-7-4-11(19)18-13(17-7)20-6-8-2-3-9(14)5-10(8)12(15)16/h2-5H,6H2,1H3,(H3,15,16)(H,17,18,19). The van der Waals surface area contributed by atoms with Crippen LogP contribution in [0.25, 0.3) is 0 Å².